The summed E-state index contributed by atoms with van der Waals surface area (Å²) < 4.78 is 8.98. The summed E-state index contributed by atoms with van der Waals surface area (Å²) >= 11 is 0. The van der Waals surface area contributed by atoms with Crippen molar-refractivity contribution >= 4 is 43.7 Å². The molecule has 206 valence electrons. The average molecular weight is 554 g/mol. The van der Waals surface area contributed by atoms with Crippen LogP contribution in [0, 0.1) is 0 Å². The van der Waals surface area contributed by atoms with E-state index >= 15 is 0 Å². The van der Waals surface area contributed by atoms with E-state index in [4.69, 9.17) is 4.42 Å². The van der Waals surface area contributed by atoms with Crippen LogP contribution in [0.4, 0.5) is 0 Å². The second-order valence-electron chi connectivity index (χ2n) is 12.4. The summed E-state index contributed by atoms with van der Waals surface area (Å²) in [6.45, 7) is 6.90. The molecule has 0 N–H and O–H groups in total. The van der Waals surface area contributed by atoms with E-state index in [2.05, 4.69) is 147 Å². The minimum atomic E-state index is -0.0540. The van der Waals surface area contributed by atoms with Crippen LogP contribution in [0.25, 0.3) is 71.7 Å². The van der Waals surface area contributed by atoms with E-state index in [1.165, 1.54) is 71.8 Å². The topological polar surface area (TPSA) is 18.1 Å². The molecular weight excluding hydrogens is 522 g/mol. The van der Waals surface area contributed by atoms with Crippen molar-refractivity contribution in [3.8, 4) is 27.9 Å². The molecule has 1 aliphatic carbocycles. The van der Waals surface area contributed by atoms with E-state index in [0.29, 0.717) is 0 Å². The van der Waals surface area contributed by atoms with E-state index in [9.17, 15) is 0 Å². The number of hydrogen-bond donors (Lipinski definition) is 0. The molecule has 0 fully saturated rings. The highest BCUT2D eigenvalue weighted by Gasteiger charge is 2.36. The van der Waals surface area contributed by atoms with E-state index in [1.807, 2.05) is 0 Å². The number of rotatable bonds is 3. The van der Waals surface area contributed by atoms with Gasteiger partial charge in [0.05, 0.1) is 16.7 Å². The van der Waals surface area contributed by atoms with Gasteiger partial charge < -0.3 is 8.98 Å². The molecule has 2 heteroatoms. The molecule has 0 radical (unpaired) electrons. The molecule has 0 saturated carbocycles. The summed E-state index contributed by atoms with van der Waals surface area (Å²) in [5, 5.41) is 4.89. The highest BCUT2D eigenvalue weighted by atomic mass is 16.3. The van der Waals surface area contributed by atoms with Crippen molar-refractivity contribution in [3.05, 3.63) is 138 Å². The number of fused-ring (bicyclic) bond motifs is 9. The van der Waals surface area contributed by atoms with Gasteiger partial charge in [-0.1, -0.05) is 99.6 Å². The van der Waals surface area contributed by atoms with Crippen LogP contribution in [-0.2, 0) is 11.8 Å². The predicted molar refractivity (Wildman–Crippen MR) is 180 cm³/mol. The van der Waals surface area contributed by atoms with Gasteiger partial charge in [-0.15, -0.1) is 0 Å². The number of furan rings is 1. The van der Waals surface area contributed by atoms with Gasteiger partial charge >= 0.3 is 0 Å². The quantitative estimate of drug-likeness (QED) is 0.213. The first-order valence-electron chi connectivity index (χ1n) is 15.3. The summed E-state index contributed by atoms with van der Waals surface area (Å²) in [4.78, 5) is 0. The molecule has 0 bridgehead atoms. The van der Waals surface area contributed by atoms with Crippen LogP contribution in [0.1, 0.15) is 37.5 Å². The number of aromatic nitrogens is 1. The molecule has 0 saturated heterocycles. The Morgan fingerprint density at radius 3 is 2.05 bits per heavy atom. The van der Waals surface area contributed by atoms with Gasteiger partial charge in [-0.2, -0.15) is 0 Å². The van der Waals surface area contributed by atoms with Gasteiger partial charge in [-0.25, -0.2) is 0 Å². The largest absolute Gasteiger partial charge is 0.456 e. The molecule has 2 heterocycles. The molecule has 0 aliphatic heterocycles. The van der Waals surface area contributed by atoms with Crippen molar-refractivity contribution in [2.45, 2.75) is 32.6 Å². The van der Waals surface area contributed by atoms with Crippen LogP contribution in [-0.4, -0.2) is 4.57 Å². The Morgan fingerprint density at radius 1 is 0.581 bits per heavy atom. The van der Waals surface area contributed by atoms with Crippen molar-refractivity contribution in [1.82, 2.24) is 4.57 Å². The fourth-order valence-corrected chi connectivity index (χ4v) is 7.71. The number of aryl methyl sites for hydroxylation is 1. The molecule has 1 aliphatic rings. The zero-order chi connectivity index (χ0) is 28.9. The van der Waals surface area contributed by atoms with Crippen LogP contribution in [0.5, 0.6) is 0 Å². The summed E-state index contributed by atoms with van der Waals surface area (Å²) in [6, 6.07) is 44.5. The predicted octanol–water partition coefficient (Wildman–Crippen LogP) is 11.2. The van der Waals surface area contributed by atoms with Crippen LogP contribution in [0.2, 0.25) is 0 Å². The molecule has 0 atom stereocenters. The lowest BCUT2D eigenvalue weighted by molar-refractivity contribution is 0.647. The SMILES string of the molecule is CCc1cccc(-n2c3ccccc3c3ccccc32)c1-c1ccc2oc3cc4c(cc3c2c1)-c1ccccc1C4(C)C. The molecule has 9 rings (SSSR count). The van der Waals surface area contributed by atoms with Gasteiger partial charge in [0.25, 0.3) is 0 Å². The third-order valence-electron chi connectivity index (χ3n) is 9.79. The summed E-state index contributed by atoms with van der Waals surface area (Å²) in [5.41, 5.74) is 14.7. The fraction of sp³-hybridized carbons (Fsp3) is 0.122. The third kappa shape index (κ3) is 3.29. The van der Waals surface area contributed by atoms with Gasteiger partial charge in [-0.05, 0) is 82.3 Å². The van der Waals surface area contributed by atoms with Crippen molar-refractivity contribution in [2.24, 2.45) is 0 Å². The maximum atomic E-state index is 6.53. The molecule has 2 aromatic heterocycles. The molecule has 43 heavy (non-hydrogen) atoms. The maximum Gasteiger partial charge on any atom is 0.135 e. The van der Waals surface area contributed by atoms with Crippen LogP contribution < -0.4 is 0 Å². The number of hydrogen-bond acceptors (Lipinski definition) is 1. The number of para-hydroxylation sites is 2. The monoisotopic (exact) mass is 553 g/mol. The summed E-state index contributed by atoms with van der Waals surface area (Å²) in [5.74, 6) is 0. The lowest BCUT2D eigenvalue weighted by Gasteiger charge is -2.21. The van der Waals surface area contributed by atoms with Crippen LogP contribution >= 0.6 is 0 Å². The Morgan fingerprint density at radius 2 is 1.28 bits per heavy atom. The van der Waals surface area contributed by atoms with Crippen LogP contribution in [0.15, 0.2) is 126 Å². The minimum absolute atomic E-state index is 0.0540. The van der Waals surface area contributed by atoms with Gasteiger partial charge in [0, 0.05) is 32.5 Å². The maximum absolute atomic E-state index is 6.53. The fourth-order valence-electron chi connectivity index (χ4n) is 7.71. The second-order valence-corrected chi connectivity index (χ2v) is 12.4. The standard InChI is InChI=1S/C41H31NO/c1-4-25-12-11-19-37(42-35-17-9-6-14-28(35)29-15-7-10-18-36(29)42)40(25)26-20-21-38-31(22-26)32-23-30-27-13-5-8-16-33(27)41(2,3)34(30)24-39(32)43-38/h5-24H,4H2,1-3H3. The van der Waals surface area contributed by atoms with Gasteiger partial charge in [0.1, 0.15) is 11.2 Å². The van der Waals surface area contributed by atoms with E-state index in [1.54, 1.807) is 0 Å². The zero-order valence-corrected chi connectivity index (χ0v) is 24.6. The molecular formula is C41H31NO. The summed E-state index contributed by atoms with van der Waals surface area (Å²) in [6.07, 6.45) is 0.948. The molecule has 6 aromatic carbocycles. The lowest BCUT2D eigenvalue weighted by atomic mass is 9.82. The number of benzene rings is 6. The first-order chi connectivity index (χ1) is 21.0. The van der Waals surface area contributed by atoms with Gasteiger partial charge in [0.2, 0.25) is 0 Å². The first kappa shape index (κ1) is 24.5. The summed E-state index contributed by atoms with van der Waals surface area (Å²) in [7, 11) is 0. The molecule has 8 aromatic rings. The highest BCUT2D eigenvalue weighted by Crippen LogP contribution is 2.51. The van der Waals surface area contributed by atoms with Gasteiger partial charge in [0.15, 0.2) is 0 Å². The Balaban J connectivity index is 1.32. The molecule has 0 spiro atoms. The Kier molecular flexibility index (Phi) is 4.97. The molecule has 2 nitrogen and oxygen atoms in total. The lowest BCUT2D eigenvalue weighted by Crippen LogP contribution is -2.14. The van der Waals surface area contributed by atoms with Crippen molar-refractivity contribution in [2.75, 3.05) is 0 Å². The number of nitrogens with zero attached hydrogens (tertiary/aromatic N) is 1. The van der Waals surface area contributed by atoms with Crippen molar-refractivity contribution < 1.29 is 4.42 Å². The Bertz CT molecular complexity index is 2360. The minimum Gasteiger partial charge on any atom is -0.456 e. The third-order valence-corrected chi connectivity index (χ3v) is 9.79. The second kappa shape index (κ2) is 8.72. The van der Waals surface area contributed by atoms with E-state index in [0.717, 1.165) is 23.0 Å². The molecule has 0 unspecified atom stereocenters. The Hall–Kier alpha value is -5.08. The van der Waals surface area contributed by atoms with Crippen LogP contribution in [0.3, 0.4) is 0 Å². The normalized spacial score (nSPS) is 13.7. The van der Waals surface area contributed by atoms with E-state index < -0.39 is 0 Å². The van der Waals surface area contributed by atoms with Crippen molar-refractivity contribution in [1.29, 1.82) is 0 Å². The highest BCUT2D eigenvalue weighted by molar-refractivity contribution is 6.11. The first-order valence-corrected chi connectivity index (χ1v) is 15.3. The molecule has 0 amide bonds. The zero-order valence-electron chi connectivity index (χ0n) is 24.6. The van der Waals surface area contributed by atoms with E-state index in [-0.39, 0.29) is 5.41 Å². The smallest absolute Gasteiger partial charge is 0.135 e. The van der Waals surface area contributed by atoms with Crippen molar-refractivity contribution in [3.63, 3.8) is 0 Å². The van der Waals surface area contributed by atoms with Gasteiger partial charge in [-0.3, -0.25) is 0 Å². The average Bonchev–Trinajstić information content (AvgIpc) is 3.65. The Labute approximate surface area is 250 Å².